The van der Waals surface area contributed by atoms with Crippen molar-refractivity contribution in [2.45, 2.75) is 25.7 Å². The van der Waals surface area contributed by atoms with Gasteiger partial charge < -0.3 is 15.1 Å². The number of piperazine rings is 1. The summed E-state index contributed by atoms with van der Waals surface area (Å²) in [4.78, 5) is 40.2. The van der Waals surface area contributed by atoms with Crippen molar-refractivity contribution in [2.75, 3.05) is 32.7 Å². The first kappa shape index (κ1) is 23.4. The number of benzene rings is 2. The molecule has 0 aromatic heterocycles. The lowest BCUT2D eigenvalue weighted by Crippen LogP contribution is -2.51. The number of amides is 3. The van der Waals surface area contributed by atoms with E-state index in [-0.39, 0.29) is 30.3 Å². The highest BCUT2D eigenvalue weighted by molar-refractivity contribution is 5.94. The van der Waals surface area contributed by atoms with E-state index in [4.69, 9.17) is 0 Å². The lowest BCUT2D eigenvalue weighted by molar-refractivity contribution is -0.139. The summed E-state index contributed by atoms with van der Waals surface area (Å²) in [6.45, 7) is 1.92. The van der Waals surface area contributed by atoms with Crippen LogP contribution >= 0.6 is 0 Å². The molecule has 6 nitrogen and oxygen atoms in total. The van der Waals surface area contributed by atoms with Crippen molar-refractivity contribution >= 4 is 17.7 Å². The number of nitrogens with zero attached hydrogens (tertiary/aromatic N) is 2. The van der Waals surface area contributed by atoms with E-state index < -0.39 is 17.5 Å². The lowest BCUT2D eigenvalue weighted by atomic mass is 10.1. The molecule has 1 fully saturated rings. The third-order valence-corrected chi connectivity index (χ3v) is 5.48. The van der Waals surface area contributed by atoms with Gasteiger partial charge in [0.05, 0.1) is 5.56 Å². The average Bonchev–Trinajstić information content (AvgIpc) is 2.79. The molecular formula is C24H27F2N3O3. The Labute approximate surface area is 186 Å². The maximum absolute atomic E-state index is 13.6. The van der Waals surface area contributed by atoms with Gasteiger partial charge in [-0.1, -0.05) is 30.3 Å². The van der Waals surface area contributed by atoms with Gasteiger partial charge in [-0.25, -0.2) is 8.78 Å². The summed E-state index contributed by atoms with van der Waals surface area (Å²) >= 11 is 0. The van der Waals surface area contributed by atoms with Crippen LogP contribution in [0.4, 0.5) is 8.78 Å². The second-order valence-electron chi connectivity index (χ2n) is 7.73. The molecule has 1 N–H and O–H groups in total. The van der Waals surface area contributed by atoms with Crippen LogP contribution in [0.25, 0.3) is 0 Å². The lowest BCUT2D eigenvalue weighted by Gasteiger charge is -2.35. The van der Waals surface area contributed by atoms with Gasteiger partial charge in [0.1, 0.15) is 11.6 Å². The molecule has 2 aromatic carbocycles. The van der Waals surface area contributed by atoms with E-state index in [1.54, 1.807) is 9.80 Å². The summed E-state index contributed by atoms with van der Waals surface area (Å²) in [6, 6.07) is 12.8. The zero-order chi connectivity index (χ0) is 22.9. The van der Waals surface area contributed by atoms with E-state index in [2.05, 4.69) is 5.32 Å². The highest BCUT2D eigenvalue weighted by atomic mass is 19.1. The third kappa shape index (κ3) is 6.60. The second-order valence-corrected chi connectivity index (χ2v) is 7.73. The van der Waals surface area contributed by atoms with Crippen molar-refractivity contribution in [1.29, 1.82) is 0 Å². The summed E-state index contributed by atoms with van der Waals surface area (Å²) in [6.07, 6.45) is 2.20. The Bertz CT molecular complexity index is 945. The highest BCUT2D eigenvalue weighted by Crippen LogP contribution is 2.11. The number of halogens is 2. The largest absolute Gasteiger partial charge is 0.351 e. The number of nitrogens with one attached hydrogen (secondary N) is 1. The Balaban J connectivity index is 1.34. The van der Waals surface area contributed by atoms with Gasteiger partial charge in [0.15, 0.2) is 0 Å². The van der Waals surface area contributed by atoms with Crippen LogP contribution in [-0.4, -0.2) is 60.2 Å². The van der Waals surface area contributed by atoms with Gasteiger partial charge >= 0.3 is 0 Å². The molecule has 0 saturated carbocycles. The van der Waals surface area contributed by atoms with Gasteiger partial charge in [-0.3, -0.25) is 14.4 Å². The minimum absolute atomic E-state index is 0.0487. The van der Waals surface area contributed by atoms with Crippen LogP contribution in [-0.2, 0) is 16.0 Å². The van der Waals surface area contributed by atoms with E-state index in [1.807, 2.05) is 30.3 Å². The number of aryl methyl sites for hydroxylation is 1. The summed E-state index contributed by atoms with van der Waals surface area (Å²) in [5, 5.41) is 2.48. The van der Waals surface area contributed by atoms with Crippen LogP contribution in [0.2, 0.25) is 0 Å². The number of carbonyl (C=O) groups is 3. The fraction of sp³-hybridized carbons (Fsp3) is 0.375. The van der Waals surface area contributed by atoms with E-state index in [1.165, 1.54) is 5.56 Å². The van der Waals surface area contributed by atoms with Gasteiger partial charge in [-0.2, -0.15) is 0 Å². The zero-order valence-electron chi connectivity index (χ0n) is 17.9. The molecule has 3 amide bonds. The molecule has 2 aromatic rings. The zero-order valence-corrected chi connectivity index (χ0v) is 17.9. The molecule has 0 atom stereocenters. The summed E-state index contributed by atoms with van der Waals surface area (Å²) in [7, 11) is 0. The summed E-state index contributed by atoms with van der Waals surface area (Å²) < 4.78 is 26.6. The summed E-state index contributed by atoms with van der Waals surface area (Å²) in [5.41, 5.74) is 0.947. The molecule has 170 valence electrons. The molecule has 0 aliphatic carbocycles. The minimum atomic E-state index is -0.946. The third-order valence-electron chi connectivity index (χ3n) is 5.48. The van der Waals surface area contributed by atoms with Gasteiger partial charge in [-0.05, 0) is 30.5 Å². The van der Waals surface area contributed by atoms with Crippen LogP contribution in [0.15, 0.2) is 48.5 Å². The SMILES string of the molecule is O=C(NCCC(=O)N1CCN(C(=O)CCCc2ccccc2)CC1)c1ccc(F)cc1F. The molecule has 3 rings (SSSR count). The summed E-state index contributed by atoms with van der Waals surface area (Å²) in [5.74, 6) is -2.44. The predicted octanol–water partition coefficient (Wildman–Crippen LogP) is 2.78. The Morgan fingerprint density at radius 2 is 1.47 bits per heavy atom. The standard InChI is InChI=1S/C24H27F2N3O3/c25-19-9-10-20(21(26)17-19)24(32)27-12-11-23(31)29-15-13-28(14-16-29)22(30)8-4-7-18-5-2-1-3-6-18/h1-3,5-6,9-10,17H,4,7-8,11-16H2,(H,27,32). The highest BCUT2D eigenvalue weighted by Gasteiger charge is 2.23. The Morgan fingerprint density at radius 3 is 2.09 bits per heavy atom. The van der Waals surface area contributed by atoms with Crippen molar-refractivity contribution in [2.24, 2.45) is 0 Å². The predicted molar refractivity (Wildman–Crippen MR) is 116 cm³/mol. The van der Waals surface area contributed by atoms with E-state index in [9.17, 15) is 23.2 Å². The van der Waals surface area contributed by atoms with Gasteiger partial charge in [-0.15, -0.1) is 0 Å². The molecule has 1 aliphatic rings. The topological polar surface area (TPSA) is 69.7 Å². The number of carbonyl (C=O) groups excluding carboxylic acids is 3. The van der Waals surface area contributed by atoms with Crippen molar-refractivity contribution in [3.8, 4) is 0 Å². The molecule has 8 heteroatoms. The molecule has 0 unspecified atom stereocenters. The maximum Gasteiger partial charge on any atom is 0.254 e. The molecule has 1 saturated heterocycles. The van der Waals surface area contributed by atoms with Crippen LogP contribution < -0.4 is 5.32 Å². The van der Waals surface area contributed by atoms with Gasteiger partial charge in [0, 0.05) is 51.6 Å². The number of rotatable bonds is 8. The molecule has 1 heterocycles. The average molecular weight is 443 g/mol. The molecule has 0 bridgehead atoms. The van der Waals surface area contributed by atoms with Gasteiger partial charge in [0.2, 0.25) is 11.8 Å². The molecule has 1 aliphatic heterocycles. The van der Waals surface area contributed by atoms with Crippen LogP contribution in [0.1, 0.15) is 35.2 Å². The Hall–Kier alpha value is -3.29. The maximum atomic E-state index is 13.6. The van der Waals surface area contributed by atoms with E-state index in [0.29, 0.717) is 38.7 Å². The first-order valence-corrected chi connectivity index (χ1v) is 10.8. The smallest absolute Gasteiger partial charge is 0.254 e. The normalized spacial score (nSPS) is 13.7. The Kier molecular flexibility index (Phi) is 8.30. The Morgan fingerprint density at radius 1 is 0.844 bits per heavy atom. The minimum Gasteiger partial charge on any atom is -0.351 e. The van der Waals surface area contributed by atoms with Crippen molar-refractivity contribution in [3.63, 3.8) is 0 Å². The fourth-order valence-electron chi connectivity index (χ4n) is 3.66. The second kappa shape index (κ2) is 11.4. The fourth-order valence-corrected chi connectivity index (χ4v) is 3.66. The van der Waals surface area contributed by atoms with Crippen LogP contribution in [0.3, 0.4) is 0 Å². The first-order valence-electron chi connectivity index (χ1n) is 10.8. The van der Waals surface area contributed by atoms with Crippen molar-refractivity contribution in [3.05, 3.63) is 71.3 Å². The molecule has 0 spiro atoms. The van der Waals surface area contributed by atoms with Crippen LogP contribution in [0, 0.1) is 11.6 Å². The van der Waals surface area contributed by atoms with Crippen molar-refractivity contribution in [1.82, 2.24) is 15.1 Å². The first-order chi connectivity index (χ1) is 15.4. The quantitative estimate of drug-likeness (QED) is 0.682. The van der Waals surface area contributed by atoms with E-state index in [0.717, 1.165) is 25.0 Å². The molecular weight excluding hydrogens is 416 g/mol. The number of hydrogen-bond acceptors (Lipinski definition) is 3. The number of hydrogen-bond donors (Lipinski definition) is 1. The van der Waals surface area contributed by atoms with E-state index >= 15 is 0 Å². The monoisotopic (exact) mass is 443 g/mol. The molecule has 0 radical (unpaired) electrons. The molecule has 32 heavy (non-hydrogen) atoms. The van der Waals surface area contributed by atoms with Crippen molar-refractivity contribution < 1.29 is 23.2 Å². The van der Waals surface area contributed by atoms with Gasteiger partial charge in [0.25, 0.3) is 5.91 Å². The van der Waals surface area contributed by atoms with Crippen LogP contribution in [0.5, 0.6) is 0 Å².